The van der Waals surface area contributed by atoms with Crippen molar-refractivity contribution in [3.05, 3.63) is 121 Å². The number of primary amides is 1. The molecule has 0 radical (unpaired) electrons. The number of aryl methyl sites for hydroxylation is 1. The Morgan fingerprint density at radius 1 is 1.01 bits per heavy atom. The third kappa shape index (κ3) is 7.65. The van der Waals surface area contributed by atoms with Crippen LogP contribution in [0.25, 0.3) is 22.3 Å². The molecule has 5 aromatic rings. The summed E-state index contributed by atoms with van der Waals surface area (Å²) in [6, 6.07) is 12.1. The number of cyclic esters (lactones) is 1. The minimum Gasteiger partial charge on any atom is -0.508 e. The summed E-state index contributed by atoms with van der Waals surface area (Å²) in [4.78, 5) is 75.3. The van der Waals surface area contributed by atoms with E-state index in [1.165, 1.54) is 16.7 Å². The van der Waals surface area contributed by atoms with Crippen molar-refractivity contribution in [1.82, 2.24) is 19.8 Å². The molecule has 4 amide bonds. The van der Waals surface area contributed by atoms with Crippen molar-refractivity contribution in [1.29, 1.82) is 5.41 Å². The summed E-state index contributed by atoms with van der Waals surface area (Å²) in [7, 11) is 1.00. The number of fused-ring (bicyclic) bond motifs is 7. The van der Waals surface area contributed by atoms with Gasteiger partial charge in [-0.3, -0.25) is 15.0 Å². The van der Waals surface area contributed by atoms with E-state index in [0.717, 1.165) is 30.4 Å². The van der Waals surface area contributed by atoms with Crippen LogP contribution < -0.4 is 21.5 Å². The fraction of sp³-hybridized carbons (Fsp3) is 0.392. The van der Waals surface area contributed by atoms with Crippen LogP contribution in [0.3, 0.4) is 0 Å². The first-order valence-corrected chi connectivity index (χ1v) is 23.2. The fourth-order valence-corrected chi connectivity index (χ4v) is 11.1. The molecule has 3 aromatic carbocycles. The summed E-state index contributed by atoms with van der Waals surface area (Å²) in [6.07, 6.45) is 2.02. The van der Waals surface area contributed by atoms with Gasteiger partial charge in [-0.1, -0.05) is 20.8 Å². The Morgan fingerprint density at radius 2 is 1.70 bits per heavy atom. The maximum atomic E-state index is 15.5. The van der Waals surface area contributed by atoms with Gasteiger partial charge in [0.15, 0.2) is 5.60 Å². The van der Waals surface area contributed by atoms with E-state index in [2.05, 4.69) is 5.32 Å². The summed E-state index contributed by atoms with van der Waals surface area (Å²) >= 11 is 0. The summed E-state index contributed by atoms with van der Waals surface area (Å²) in [5.41, 5.74) is 9.10. The molecule has 0 saturated carbocycles. The molecule has 1 aliphatic carbocycles. The molecule has 4 atom stereocenters. The number of alkyl carbamates (subject to hydrolysis) is 1. The zero-order valence-electron chi connectivity index (χ0n) is 38.9. The first-order chi connectivity index (χ1) is 33.0. The number of halogens is 1. The van der Waals surface area contributed by atoms with Crippen molar-refractivity contribution in [2.75, 3.05) is 12.0 Å². The van der Waals surface area contributed by atoms with Gasteiger partial charge in [0.05, 0.1) is 40.7 Å². The number of nitrogens with two attached hydrogens (primary N) is 1. The van der Waals surface area contributed by atoms with Crippen LogP contribution in [0.5, 0.6) is 5.75 Å². The van der Waals surface area contributed by atoms with E-state index in [9.17, 15) is 34.2 Å². The lowest BCUT2D eigenvalue weighted by molar-refractivity contribution is -0.172. The van der Waals surface area contributed by atoms with Crippen molar-refractivity contribution in [2.24, 2.45) is 5.73 Å². The van der Waals surface area contributed by atoms with Gasteiger partial charge in [0.1, 0.15) is 30.1 Å². The Balaban J connectivity index is 0.00000293. The Bertz CT molecular complexity index is 3050. The molecule has 5 aliphatic rings. The molecule has 10 rings (SSSR count). The number of amides is 4. The molecule has 17 nitrogen and oxygen atoms in total. The second-order valence-corrected chi connectivity index (χ2v) is 18.6. The molecule has 18 heteroatoms. The van der Waals surface area contributed by atoms with Gasteiger partial charge in [-0.2, -0.15) is 0 Å². The van der Waals surface area contributed by atoms with Gasteiger partial charge in [0, 0.05) is 65.7 Å². The average Bonchev–Trinajstić information content (AvgIpc) is 3.83. The highest BCUT2D eigenvalue weighted by Gasteiger charge is 2.47. The predicted molar refractivity (Wildman–Crippen MR) is 252 cm³/mol. The number of carbonyl (C=O) groups is 4. The number of hydrogen-bond donors (Lipinski definition) is 6. The Kier molecular flexibility index (Phi) is 12.0. The number of carbonyl (C=O) groups excluding carboxylic acids is 4. The minimum atomic E-state index is -2.02. The number of aliphatic hydroxyl groups is 2. The summed E-state index contributed by atoms with van der Waals surface area (Å²) in [6.45, 7) is 6.97. The quantitative estimate of drug-likeness (QED) is 0.0578. The van der Waals surface area contributed by atoms with Crippen molar-refractivity contribution in [3.63, 3.8) is 0 Å². The van der Waals surface area contributed by atoms with Gasteiger partial charge in [0.2, 0.25) is 0 Å². The van der Waals surface area contributed by atoms with Crippen LogP contribution in [0, 0.1) is 18.2 Å². The second-order valence-electron chi connectivity index (χ2n) is 18.6. The van der Waals surface area contributed by atoms with E-state index in [4.69, 9.17) is 30.7 Å². The first-order valence-electron chi connectivity index (χ1n) is 23.2. The van der Waals surface area contributed by atoms with Crippen molar-refractivity contribution < 1.29 is 48.4 Å². The molecule has 2 aromatic heterocycles. The van der Waals surface area contributed by atoms with E-state index in [0.29, 0.717) is 87.0 Å². The third-order valence-corrected chi connectivity index (χ3v) is 14.6. The highest BCUT2D eigenvalue weighted by Crippen LogP contribution is 2.46. The number of amidine groups is 1. The lowest BCUT2D eigenvalue weighted by Crippen LogP contribution is -2.49. The van der Waals surface area contributed by atoms with Gasteiger partial charge in [-0.15, -0.1) is 0 Å². The number of benzene rings is 3. The standard InChI is InChI=1S/C50H50FN7O9.CH4O/c1-5-50(65)35-19-39-43-33(21-56(39)46(61)34(35)22-66-47(50)62)42-37(14-13-31-24(4)36(51)20-38(54-43)41(31)42)55-49(64)67-30-17-28-11-12-29(18-30)57(28)45(60)25-6-9-27(10-7-25)58(48(53)63)44(52)26-8-15-40(59)32(16-26)23(2)3;1-2/h6-10,15-16,19-20,23,28-30,37,52,59,65H,5,11-14,17-18,21-22H2,1-4H3,(H2,53,63)(H,55,64);2H,1H3/t28?,29?,30?,37-,50-;/m0./s1. The molecule has 2 unspecified atom stereocenters. The van der Waals surface area contributed by atoms with E-state index in [1.54, 1.807) is 56.3 Å². The van der Waals surface area contributed by atoms with E-state index >= 15 is 4.39 Å². The number of anilines is 1. The van der Waals surface area contributed by atoms with Crippen molar-refractivity contribution >= 4 is 46.4 Å². The number of pyridine rings is 2. The number of phenolic OH excluding ortho intramolecular Hbond substituents is 1. The van der Waals surface area contributed by atoms with E-state index in [-0.39, 0.29) is 66.2 Å². The van der Waals surface area contributed by atoms with Crippen LogP contribution in [-0.4, -0.2) is 84.9 Å². The van der Waals surface area contributed by atoms with Crippen LogP contribution in [0.15, 0.2) is 59.4 Å². The molecule has 6 heterocycles. The van der Waals surface area contributed by atoms with Gasteiger partial charge < -0.3 is 45.3 Å². The van der Waals surface area contributed by atoms with Gasteiger partial charge in [-0.05, 0) is 116 Å². The molecule has 360 valence electrons. The number of rotatable bonds is 7. The van der Waals surface area contributed by atoms with Gasteiger partial charge >= 0.3 is 18.1 Å². The molecular formula is C51H54FN7O10. The number of nitrogens with zero attached hydrogens (tertiary/aromatic N) is 4. The topological polar surface area (TPSA) is 251 Å². The lowest BCUT2D eigenvalue weighted by Gasteiger charge is -2.39. The Morgan fingerprint density at radius 3 is 2.35 bits per heavy atom. The van der Waals surface area contributed by atoms with Crippen LogP contribution in [-0.2, 0) is 39.4 Å². The average molecular weight is 944 g/mol. The van der Waals surface area contributed by atoms with Crippen LogP contribution >= 0.6 is 0 Å². The normalized spacial score (nSPS) is 21.6. The van der Waals surface area contributed by atoms with E-state index in [1.807, 2.05) is 18.7 Å². The number of urea groups is 1. The van der Waals surface area contributed by atoms with Crippen molar-refractivity contribution in [2.45, 2.75) is 122 Å². The molecule has 4 aliphatic heterocycles. The van der Waals surface area contributed by atoms with Crippen LogP contribution in [0.1, 0.15) is 126 Å². The number of hydrogen-bond acceptors (Lipinski definition) is 12. The van der Waals surface area contributed by atoms with Crippen LogP contribution in [0.2, 0.25) is 0 Å². The number of piperidine rings is 1. The molecule has 2 saturated heterocycles. The van der Waals surface area contributed by atoms with E-state index < -0.39 is 47.2 Å². The summed E-state index contributed by atoms with van der Waals surface area (Å²) in [5, 5.41) is 41.3. The zero-order valence-corrected chi connectivity index (χ0v) is 38.9. The van der Waals surface area contributed by atoms with Gasteiger partial charge in [-0.25, -0.2) is 28.7 Å². The van der Waals surface area contributed by atoms with Crippen molar-refractivity contribution in [3.8, 4) is 17.1 Å². The number of esters is 1. The summed E-state index contributed by atoms with van der Waals surface area (Å²) in [5.74, 6) is -1.59. The molecule has 2 fully saturated rings. The lowest BCUT2D eigenvalue weighted by atomic mass is 9.81. The number of phenols is 1. The molecule has 2 bridgehead atoms. The highest BCUT2D eigenvalue weighted by molar-refractivity contribution is 6.21. The minimum absolute atomic E-state index is 0.0201. The zero-order chi connectivity index (χ0) is 49.4. The molecule has 69 heavy (non-hydrogen) atoms. The Hall–Kier alpha value is -7.18. The number of aromatic nitrogens is 2. The SMILES string of the molecule is CC[C@@]1(O)C(=O)OCc2c1cc1n(c2=O)Cc2c-1nc1cc(F)c(C)c3c1c2[C@@H](NC(=O)OC1CC2CCC(C1)N2C(=O)c1ccc(N(C(=N)c2ccc(O)c(C(C)C)c2)C(N)=O)cc1)CC3.CO. The fourth-order valence-electron chi connectivity index (χ4n) is 11.1. The molecular weight excluding hydrogens is 890 g/mol. The number of aromatic hydroxyl groups is 1. The summed E-state index contributed by atoms with van der Waals surface area (Å²) < 4.78 is 28.3. The highest BCUT2D eigenvalue weighted by atomic mass is 19.1. The van der Waals surface area contributed by atoms with Crippen LogP contribution in [0.4, 0.5) is 19.7 Å². The predicted octanol–water partition coefficient (Wildman–Crippen LogP) is 6.42. The largest absolute Gasteiger partial charge is 0.508 e. The Labute approximate surface area is 396 Å². The maximum Gasteiger partial charge on any atom is 0.407 e. The second kappa shape index (κ2) is 17.7. The third-order valence-electron chi connectivity index (χ3n) is 14.6. The number of nitrogens with one attached hydrogen (secondary N) is 2. The first kappa shape index (κ1) is 46.9. The smallest absolute Gasteiger partial charge is 0.407 e. The monoisotopic (exact) mass is 943 g/mol. The molecule has 0 spiro atoms. The molecule has 7 N–H and O–H groups in total. The maximum absolute atomic E-state index is 15.5. The number of ether oxygens (including phenoxy) is 2. The van der Waals surface area contributed by atoms with Gasteiger partial charge in [0.25, 0.3) is 11.5 Å². The number of aliphatic hydroxyl groups excluding tert-OH is 1.